The first-order chi connectivity index (χ1) is 9.33. The molecule has 7 heteroatoms. The van der Waals surface area contributed by atoms with Crippen LogP contribution in [0.5, 0.6) is 0 Å². The van der Waals surface area contributed by atoms with Crippen LogP contribution in [0.1, 0.15) is 68.7 Å². The average Bonchev–Trinajstić information content (AvgIpc) is 2.04. The van der Waals surface area contributed by atoms with Gasteiger partial charge in [0.2, 0.25) is 0 Å². The summed E-state index contributed by atoms with van der Waals surface area (Å²) in [7, 11) is -3.53. The van der Waals surface area contributed by atoms with E-state index in [-0.39, 0.29) is 6.04 Å². The Labute approximate surface area is 133 Å². The highest BCUT2D eigenvalue weighted by atomic mass is 28.4. The summed E-state index contributed by atoms with van der Waals surface area (Å²) in [5.41, 5.74) is -1.98. The van der Waals surface area contributed by atoms with Crippen molar-refractivity contribution in [2.75, 3.05) is 0 Å². The molecule has 3 nitrogen and oxygen atoms in total. The van der Waals surface area contributed by atoms with Gasteiger partial charge in [0.05, 0.1) is 16.8 Å². The zero-order chi connectivity index (χ0) is 18.0. The summed E-state index contributed by atoms with van der Waals surface area (Å²) in [6, 6.07) is -0.289. The lowest BCUT2D eigenvalue weighted by molar-refractivity contribution is -0.138. The topological polar surface area (TPSA) is 27.7 Å². The highest BCUT2D eigenvalue weighted by Crippen LogP contribution is 2.35. The van der Waals surface area contributed by atoms with Gasteiger partial charge in [-0.15, -0.1) is 0 Å². The minimum atomic E-state index is -4.28. The first-order valence-electron chi connectivity index (χ1n) is 7.50. The second-order valence-electron chi connectivity index (χ2n) is 8.44. The highest BCUT2D eigenvalue weighted by Gasteiger charge is 2.51. The van der Waals surface area contributed by atoms with Gasteiger partial charge in [-0.2, -0.15) is 13.2 Å². The fourth-order valence-electron chi connectivity index (χ4n) is 1.91. The predicted octanol–water partition coefficient (Wildman–Crippen LogP) is 5.32. The molecule has 0 aromatic heterocycles. The van der Waals surface area contributed by atoms with Crippen molar-refractivity contribution in [2.45, 2.75) is 97.8 Å². The van der Waals surface area contributed by atoms with E-state index < -0.39 is 38.2 Å². The van der Waals surface area contributed by atoms with E-state index in [0.717, 1.165) is 0 Å². The van der Waals surface area contributed by atoms with Gasteiger partial charge in [-0.1, -0.05) is 0 Å². The largest absolute Gasteiger partial charge is 0.502 e. The Balaban J connectivity index is 5.58. The second kappa shape index (κ2) is 6.79. The summed E-state index contributed by atoms with van der Waals surface area (Å²) in [6.07, 6.45) is -5.26. The molecule has 0 unspecified atom stereocenters. The van der Waals surface area contributed by atoms with E-state index in [1.807, 2.05) is 0 Å². The molecule has 0 amide bonds. The summed E-state index contributed by atoms with van der Waals surface area (Å²) < 4.78 is 56.1. The van der Waals surface area contributed by atoms with Crippen LogP contribution < -0.4 is 0 Å². The Morgan fingerprint density at radius 1 is 0.636 bits per heavy atom. The minimum Gasteiger partial charge on any atom is -0.368 e. The number of rotatable bonds is 5. The highest BCUT2D eigenvalue weighted by molar-refractivity contribution is 6.61. The minimum absolute atomic E-state index is 0.289. The van der Waals surface area contributed by atoms with Gasteiger partial charge in [-0.25, -0.2) is 0 Å². The van der Waals surface area contributed by atoms with Gasteiger partial charge in [0.15, 0.2) is 0 Å². The molecule has 0 heterocycles. The van der Waals surface area contributed by atoms with Gasteiger partial charge >= 0.3 is 15.0 Å². The Morgan fingerprint density at radius 2 is 0.909 bits per heavy atom. The molecule has 0 aromatic carbocycles. The lowest BCUT2D eigenvalue weighted by Gasteiger charge is -2.43. The maximum absolute atomic E-state index is 12.7. The van der Waals surface area contributed by atoms with Crippen LogP contribution in [0.2, 0.25) is 6.04 Å². The Bertz CT molecular complexity index is 308. The summed E-state index contributed by atoms with van der Waals surface area (Å²) >= 11 is 0. The lowest BCUT2D eigenvalue weighted by atomic mass is 10.2. The van der Waals surface area contributed by atoms with Crippen molar-refractivity contribution in [3.05, 3.63) is 0 Å². The van der Waals surface area contributed by atoms with Gasteiger partial charge in [-0.3, -0.25) is 0 Å². The number of alkyl halides is 3. The zero-order valence-electron chi connectivity index (χ0n) is 15.3. The van der Waals surface area contributed by atoms with Crippen LogP contribution in [0.15, 0.2) is 0 Å². The lowest BCUT2D eigenvalue weighted by Crippen LogP contribution is -2.57. The van der Waals surface area contributed by atoms with Crippen molar-refractivity contribution >= 4 is 8.80 Å². The van der Waals surface area contributed by atoms with Crippen molar-refractivity contribution in [1.82, 2.24) is 0 Å². The molecule has 0 saturated heterocycles. The summed E-state index contributed by atoms with van der Waals surface area (Å²) in [6.45, 7) is 16.1. The molecule has 0 N–H and O–H groups in total. The van der Waals surface area contributed by atoms with Gasteiger partial charge in [0, 0.05) is 12.5 Å². The van der Waals surface area contributed by atoms with Crippen molar-refractivity contribution in [3.8, 4) is 0 Å². The van der Waals surface area contributed by atoms with Crippen molar-refractivity contribution in [2.24, 2.45) is 0 Å². The van der Waals surface area contributed by atoms with Crippen LogP contribution in [-0.4, -0.2) is 31.8 Å². The smallest absolute Gasteiger partial charge is 0.368 e. The molecule has 0 spiro atoms. The fourth-order valence-corrected chi connectivity index (χ4v) is 5.73. The molecule has 22 heavy (non-hydrogen) atoms. The van der Waals surface area contributed by atoms with Crippen LogP contribution in [0.4, 0.5) is 13.2 Å². The molecular weight excluding hydrogens is 313 g/mol. The van der Waals surface area contributed by atoms with Crippen molar-refractivity contribution in [3.63, 3.8) is 0 Å². The molecule has 0 saturated carbocycles. The number of halogens is 3. The third-order valence-electron chi connectivity index (χ3n) is 2.10. The molecule has 134 valence electrons. The molecular formula is C15H31F3O3Si. The van der Waals surface area contributed by atoms with Crippen molar-refractivity contribution in [1.29, 1.82) is 0 Å². The Kier molecular flexibility index (Phi) is 6.75. The summed E-state index contributed by atoms with van der Waals surface area (Å²) in [4.78, 5) is 0. The quantitative estimate of drug-likeness (QED) is 0.632. The Morgan fingerprint density at radius 3 is 1.09 bits per heavy atom. The van der Waals surface area contributed by atoms with E-state index in [4.69, 9.17) is 13.3 Å². The maximum atomic E-state index is 12.7. The molecule has 0 radical (unpaired) electrons. The van der Waals surface area contributed by atoms with E-state index in [1.54, 1.807) is 62.3 Å². The Hall–Kier alpha value is -0.113. The number of hydrogen-bond acceptors (Lipinski definition) is 3. The molecule has 0 bridgehead atoms. The predicted molar refractivity (Wildman–Crippen MR) is 83.7 cm³/mol. The summed E-state index contributed by atoms with van der Waals surface area (Å²) in [5, 5.41) is 0. The molecule has 0 rings (SSSR count). The molecule has 0 atom stereocenters. The average molecular weight is 344 g/mol. The van der Waals surface area contributed by atoms with Gasteiger partial charge in [0.1, 0.15) is 0 Å². The molecule has 0 aromatic rings. The summed E-state index contributed by atoms with van der Waals surface area (Å²) in [5.74, 6) is 0. The molecule has 0 aliphatic heterocycles. The normalized spacial score (nSPS) is 15.3. The van der Waals surface area contributed by atoms with Crippen LogP contribution in [0, 0.1) is 0 Å². The molecule has 0 fully saturated rings. The SMILES string of the molecule is CC(C)(C)O[Si](CCC(F)(F)F)(OC(C)(C)C)OC(C)(C)C. The van der Waals surface area contributed by atoms with E-state index in [2.05, 4.69) is 0 Å². The van der Waals surface area contributed by atoms with Crippen LogP contribution in [0.25, 0.3) is 0 Å². The zero-order valence-corrected chi connectivity index (χ0v) is 16.3. The number of hydrogen-bond donors (Lipinski definition) is 0. The molecule has 0 aliphatic carbocycles. The van der Waals surface area contributed by atoms with Crippen LogP contribution in [0.3, 0.4) is 0 Å². The van der Waals surface area contributed by atoms with Gasteiger partial charge < -0.3 is 13.3 Å². The maximum Gasteiger partial charge on any atom is 0.502 e. The second-order valence-corrected chi connectivity index (χ2v) is 10.9. The first-order valence-corrected chi connectivity index (χ1v) is 9.43. The third kappa shape index (κ3) is 11.5. The van der Waals surface area contributed by atoms with Gasteiger partial charge in [0.25, 0.3) is 0 Å². The van der Waals surface area contributed by atoms with Crippen LogP contribution >= 0.6 is 0 Å². The first kappa shape index (κ1) is 21.9. The van der Waals surface area contributed by atoms with E-state index in [9.17, 15) is 13.2 Å². The van der Waals surface area contributed by atoms with Gasteiger partial charge in [-0.05, 0) is 62.3 Å². The van der Waals surface area contributed by atoms with Crippen LogP contribution in [-0.2, 0) is 13.3 Å². The van der Waals surface area contributed by atoms with Crippen molar-refractivity contribution < 1.29 is 26.4 Å². The van der Waals surface area contributed by atoms with E-state index >= 15 is 0 Å². The van der Waals surface area contributed by atoms with E-state index in [1.165, 1.54) is 0 Å². The fraction of sp³-hybridized carbons (Fsp3) is 1.00. The third-order valence-corrected chi connectivity index (χ3v) is 5.73. The monoisotopic (exact) mass is 344 g/mol. The standard InChI is InChI=1S/C15H31F3O3Si/c1-12(2,3)19-22(20-13(4,5)6,21-14(7,8)9)11-10-15(16,17)18/h10-11H2,1-9H3. The molecule has 0 aliphatic rings. The van der Waals surface area contributed by atoms with E-state index in [0.29, 0.717) is 0 Å².